The van der Waals surface area contributed by atoms with Crippen LogP contribution in [0.25, 0.3) is 59.6 Å². The maximum absolute atomic E-state index is 2.45. The fourth-order valence-electron chi connectivity index (χ4n) is 5.07. The Morgan fingerprint density at radius 3 is 1.86 bits per heavy atom. The van der Waals surface area contributed by atoms with Crippen LogP contribution in [0.2, 0.25) is 0 Å². The molecule has 7 aromatic rings. The summed E-state index contributed by atoms with van der Waals surface area (Å²) >= 11 is 0. The van der Waals surface area contributed by atoms with E-state index in [2.05, 4.69) is 108 Å². The van der Waals surface area contributed by atoms with Crippen LogP contribution in [0.15, 0.2) is 103 Å². The average molecular weight is 367 g/mol. The van der Waals surface area contributed by atoms with Gasteiger partial charge in [-0.3, -0.25) is 0 Å². The lowest BCUT2D eigenvalue weighted by atomic mass is 9.98. The molecule has 0 aliphatic rings. The number of fused-ring (bicyclic) bond motifs is 12. The zero-order chi connectivity index (χ0) is 18.9. The van der Waals surface area contributed by atoms with Gasteiger partial charge in [-0.05, 0) is 45.1 Å². The van der Waals surface area contributed by atoms with Gasteiger partial charge in [0.15, 0.2) is 0 Å². The molecule has 0 atom stereocenters. The number of para-hydroxylation sites is 1. The highest BCUT2D eigenvalue weighted by Gasteiger charge is 2.15. The van der Waals surface area contributed by atoms with Crippen LogP contribution in [0, 0.1) is 0 Å². The van der Waals surface area contributed by atoms with Crippen molar-refractivity contribution in [1.29, 1.82) is 0 Å². The number of benzene rings is 5. The van der Waals surface area contributed by atoms with Crippen molar-refractivity contribution in [3.05, 3.63) is 103 Å². The summed E-state index contributed by atoms with van der Waals surface area (Å²) in [6.07, 6.45) is 0. The first kappa shape index (κ1) is 15.1. The lowest BCUT2D eigenvalue weighted by Gasteiger charge is -2.12. The predicted molar refractivity (Wildman–Crippen MR) is 125 cm³/mol. The summed E-state index contributed by atoms with van der Waals surface area (Å²) in [6, 6.07) is 37.6. The molecule has 0 aliphatic heterocycles. The standard InChI is InChI=1S/C28H17N/c1-3-9-20-18(7-1)14-16-26-24(20)17-27-28-21-10-4-2-8-19(21)13-15-23(28)22-11-5-6-12-25(22)29(26)27/h1-17H. The molecule has 0 fully saturated rings. The maximum atomic E-state index is 2.45. The Balaban J connectivity index is 1.89. The lowest BCUT2D eigenvalue weighted by molar-refractivity contribution is 1.35. The molecule has 5 aromatic carbocycles. The number of pyridine rings is 1. The molecular weight excluding hydrogens is 350 g/mol. The maximum Gasteiger partial charge on any atom is 0.0553 e. The second kappa shape index (κ2) is 5.36. The Morgan fingerprint density at radius 2 is 1.00 bits per heavy atom. The number of rotatable bonds is 0. The van der Waals surface area contributed by atoms with Crippen molar-refractivity contribution in [2.75, 3.05) is 0 Å². The van der Waals surface area contributed by atoms with E-state index in [9.17, 15) is 0 Å². The molecule has 0 bridgehead atoms. The molecular formula is C28H17N. The van der Waals surface area contributed by atoms with Gasteiger partial charge in [0.1, 0.15) is 0 Å². The third kappa shape index (κ3) is 1.89. The fourth-order valence-corrected chi connectivity index (χ4v) is 5.07. The fraction of sp³-hybridized carbons (Fsp3) is 0. The second-order valence-corrected chi connectivity index (χ2v) is 7.81. The van der Waals surface area contributed by atoms with Crippen LogP contribution >= 0.6 is 0 Å². The Morgan fingerprint density at radius 1 is 0.379 bits per heavy atom. The average Bonchev–Trinajstić information content (AvgIpc) is 3.19. The van der Waals surface area contributed by atoms with Gasteiger partial charge in [0.2, 0.25) is 0 Å². The first-order chi connectivity index (χ1) is 14.4. The van der Waals surface area contributed by atoms with E-state index in [-0.39, 0.29) is 0 Å². The van der Waals surface area contributed by atoms with Gasteiger partial charge >= 0.3 is 0 Å². The Labute approximate surface area is 167 Å². The van der Waals surface area contributed by atoms with Crippen molar-refractivity contribution in [2.24, 2.45) is 0 Å². The van der Waals surface area contributed by atoms with Gasteiger partial charge in [0.25, 0.3) is 0 Å². The summed E-state index contributed by atoms with van der Waals surface area (Å²) in [5.41, 5.74) is 3.81. The first-order valence-electron chi connectivity index (χ1n) is 10.1. The second-order valence-electron chi connectivity index (χ2n) is 7.81. The van der Waals surface area contributed by atoms with Crippen molar-refractivity contribution in [3.63, 3.8) is 0 Å². The Kier molecular flexibility index (Phi) is 2.80. The number of nitrogens with zero attached hydrogens (tertiary/aromatic N) is 1. The number of hydrogen-bond donors (Lipinski definition) is 0. The zero-order valence-corrected chi connectivity index (χ0v) is 15.8. The van der Waals surface area contributed by atoms with Crippen molar-refractivity contribution >= 4 is 59.6 Å². The van der Waals surface area contributed by atoms with E-state index in [4.69, 9.17) is 0 Å². The molecule has 0 radical (unpaired) electrons. The van der Waals surface area contributed by atoms with Crippen molar-refractivity contribution in [3.8, 4) is 0 Å². The molecule has 0 saturated carbocycles. The molecule has 0 spiro atoms. The van der Waals surface area contributed by atoms with Gasteiger partial charge in [-0.2, -0.15) is 0 Å². The predicted octanol–water partition coefficient (Wildman–Crippen LogP) is 7.71. The third-order valence-electron chi connectivity index (χ3n) is 6.33. The van der Waals surface area contributed by atoms with E-state index in [0.717, 1.165) is 0 Å². The van der Waals surface area contributed by atoms with E-state index in [1.807, 2.05) is 0 Å². The summed E-state index contributed by atoms with van der Waals surface area (Å²) in [5, 5.41) is 10.5. The minimum Gasteiger partial charge on any atom is -0.309 e. The molecule has 1 heteroatoms. The topological polar surface area (TPSA) is 4.41 Å². The summed E-state index contributed by atoms with van der Waals surface area (Å²) < 4.78 is 2.45. The first-order valence-corrected chi connectivity index (χ1v) is 10.1. The summed E-state index contributed by atoms with van der Waals surface area (Å²) in [7, 11) is 0. The SMILES string of the molecule is c1ccc2c(c1)ccc1c2cc2c3c4ccccc4ccc3c3ccccc3n12. The molecule has 1 nitrogen and oxygen atoms in total. The van der Waals surface area contributed by atoms with Gasteiger partial charge in [-0.15, -0.1) is 0 Å². The number of aromatic nitrogens is 1. The summed E-state index contributed by atoms with van der Waals surface area (Å²) in [4.78, 5) is 0. The highest BCUT2D eigenvalue weighted by molar-refractivity contribution is 6.25. The quantitative estimate of drug-likeness (QED) is 0.242. The van der Waals surface area contributed by atoms with Gasteiger partial charge in [0.05, 0.1) is 16.6 Å². The van der Waals surface area contributed by atoms with E-state index < -0.39 is 0 Å². The molecule has 29 heavy (non-hydrogen) atoms. The van der Waals surface area contributed by atoms with Crippen molar-refractivity contribution in [1.82, 2.24) is 4.40 Å². The molecule has 2 heterocycles. The van der Waals surface area contributed by atoms with E-state index >= 15 is 0 Å². The van der Waals surface area contributed by atoms with Crippen LogP contribution in [-0.4, -0.2) is 4.40 Å². The van der Waals surface area contributed by atoms with Crippen molar-refractivity contribution < 1.29 is 0 Å². The minimum absolute atomic E-state index is 1.26. The van der Waals surface area contributed by atoms with E-state index in [1.54, 1.807) is 0 Å². The Hall–Kier alpha value is -3.84. The summed E-state index contributed by atoms with van der Waals surface area (Å²) in [6.45, 7) is 0. The van der Waals surface area contributed by atoms with E-state index in [1.165, 1.54) is 59.6 Å². The molecule has 0 aliphatic carbocycles. The van der Waals surface area contributed by atoms with Gasteiger partial charge in [-0.25, -0.2) is 0 Å². The zero-order valence-electron chi connectivity index (χ0n) is 15.8. The van der Waals surface area contributed by atoms with Crippen LogP contribution in [0.3, 0.4) is 0 Å². The molecule has 2 aromatic heterocycles. The molecule has 134 valence electrons. The van der Waals surface area contributed by atoms with E-state index in [0.29, 0.717) is 0 Å². The molecule has 0 unspecified atom stereocenters. The molecule has 0 amide bonds. The number of hydrogen-bond acceptors (Lipinski definition) is 0. The third-order valence-corrected chi connectivity index (χ3v) is 6.33. The molecule has 0 saturated heterocycles. The van der Waals surface area contributed by atoms with Crippen LogP contribution in [0.4, 0.5) is 0 Å². The lowest BCUT2D eigenvalue weighted by Crippen LogP contribution is -1.91. The minimum atomic E-state index is 1.26. The molecule has 0 N–H and O–H groups in total. The van der Waals surface area contributed by atoms with Gasteiger partial charge < -0.3 is 4.40 Å². The highest BCUT2D eigenvalue weighted by atomic mass is 14.9. The smallest absolute Gasteiger partial charge is 0.0553 e. The monoisotopic (exact) mass is 367 g/mol. The normalized spacial score (nSPS) is 12.1. The summed E-state index contributed by atoms with van der Waals surface area (Å²) in [5.74, 6) is 0. The van der Waals surface area contributed by atoms with Crippen LogP contribution in [0.5, 0.6) is 0 Å². The van der Waals surface area contributed by atoms with Crippen LogP contribution in [0.1, 0.15) is 0 Å². The van der Waals surface area contributed by atoms with Crippen LogP contribution < -0.4 is 0 Å². The van der Waals surface area contributed by atoms with Crippen LogP contribution in [-0.2, 0) is 0 Å². The largest absolute Gasteiger partial charge is 0.309 e. The van der Waals surface area contributed by atoms with Crippen molar-refractivity contribution in [2.45, 2.75) is 0 Å². The van der Waals surface area contributed by atoms with Gasteiger partial charge in [0, 0.05) is 16.2 Å². The van der Waals surface area contributed by atoms with Gasteiger partial charge in [-0.1, -0.05) is 84.9 Å². The Bertz CT molecular complexity index is 1750. The highest BCUT2D eigenvalue weighted by Crippen LogP contribution is 2.39. The molecule has 7 rings (SSSR count).